The van der Waals surface area contributed by atoms with Gasteiger partial charge in [0.25, 0.3) is 0 Å². The van der Waals surface area contributed by atoms with Gasteiger partial charge in [-0.25, -0.2) is 4.98 Å². The Bertz CT molecular complexity index is 568. The molecule has 1 heterocycles. The van der Waals surface area contributed by atoms with Gasteiger partial charge < -0.3 is 4.98 Å². The minimum Gasteiger partial charge on any atom is -0.345 e. The highest BCUT2D eigenvalue weighted by Crippen LogP contribution is 2.35. The van der Waals surface area contributed by atoms with Crippen LogP contribution in [0.15, 0.2) is 37.3 Å². The van der Waals surface area contributed by atoms with E-state index in [0.717, 1.165) is 6.07 Å². The monoisotopic (exact) mass is 252 g/mol. The average molecular weight is 252 g/mol. The van der Waals surface area contributed by atoms with E-state index in [0.29, 0.717) is 16.8 Å². The summed E-state index contributed by atoms with van der Waals surface area (Å²) in [4.78, 5) is 6.66. The Labute approximate surface area is 102 Å². The fourth-order valence-corrected chi connectivity index (χ4v) is 1.84. The Morgan fingerprint density at radius 1 is 1.33 bits per heavy atom. The molecule has 1 aromatic carbocycles. The number of rotatable bonds is 2. The summed E-state index contributed by atoms with van der Waals surface area (Å²) in [5.74, 6) is 0. The predicted octanol–water partition coefficient (Wildman–Crippen LogP) is 3.80. The molecule has 18 heavy (non-hydrogen) atoms. The van der Waals surface area contributed by atoms with Gasteiger partial charge in [-0.1, -0.05) is 18.7 Å². The second-order valence-corrected chi connectivity index (χ2v) is 3.92. The van der Waals surface area contributed by atoms with Crippen LogP contribution in [0.4, 0.5) is 13.2 Å². The summed E-state index contributed by atoms with van der Waals surface area (Å²) in [5.41, 5.74) is 1.10. The lowest BCUT2D eigenvalue weighted by Crippen LogP contribution is -2.09. The third kappa shape index (κ3) is 2.16. The SMILES string of the molecule is C=C(c1cnc[nH]1)c1cccc(C(F)(F)F)c1C. The van der Waals surface area contributed by atoms with Gasteiger partial charge in [0.2, 0.25) is 0 Å². The molecule has 0 saturated carbocycles. The van der Waals surface area contributed by atoms with Gasteiger partial charge in [0, 0.05) is 0 Å². The van der Waals surface area contributed by atoms with Gasteiger partial charge in [-0.05, 0) is 29.7 Å². The molecule has 0 aliphatic rings. The summed E-state index contributed by atoms with van der Waals surface area (Å²) in [5, 5.41) is 0. The summed E-state index contributed by atoms with van der Waals surface area (Å²) in [6.07, 6.45) is -1.36. The van der Waals surface area contributed by atoms with E-state index in [1.54, 1.807) is 6.07 Å². The molecule has 0 saturated heterocycles. The van der Waals surface area contributed by atoms with Crippen LogP contribution in [-0.4, -0.2) is 9.97 Å². The van der Waals surface area contributed by atoms with Gasteiger partial charge in [0.15, 0.2) is 0 Å². The van der Waals surface area contributed by atoms with Gasteiger partial charge in [-0.15, -0.1) is 0 Å². The molecule has 2 rings (SSSR count). The minimum atomic E-state index is -4.35. The maximum atomic E-state index is 12.8. The van der Waals surface area contributed by atoms with E-state index in [9.17, 15) is 13.2 Å². The van der Waals surface area contributed by atoms with Crippen LogP contribution in [0.25, 0.3) is 5.57 Å². The van der Waals surface area contributed by atoms with Gasteiger partial charge in [0.1, 0.15) is 0 Å². The predicted molar refractivity (Wildman–Crippen MR) is 62.9 cm³/mol. The zero-order valence-electron chi connectivity index (χ0n) is 9.67. The summed E-state index contributed by atoms with van der Waals surface area (Å²) < 4.78 is 38.4. The molecular formula is C13H11F3N2. The molecule has 0 aliphatic carbocycles. The van der Waals surface area contributed by atoms with E-state index in [4.69, 9.17) is 0 Å². The van der Waals surface area contributed by atoms with Gasteiger partial charge >= 0.3 is 6.18 Å². The summed E-state index contributed by atoms with van der Waals surface area (Å²) in [6.45, 7) is 5.26. The minimum absolute atomic E-state index is 0.171. The molecule has 1 N–H and O–H groups in total. The second-order valence-electron chi connectivity index (χ2n) is 3.92. The lowest BCUT2D eigenvalue weighted by Gasteiger charge is -2.14. The van der Waals surface area contributed by atoms with Crippen LogP contribution in [0.5, 0.6) is 0 Å². The third-order valence-electron chi connectivity index (χ3n) is 2.79. The summed E-state index contributed by atoms with van der Waals surface area (Å²) >= 11 is 0. The molecule has 0 spiro atoms. The quantitative estimate of drug-likeness (QED) is 0.865. The molecule has 0 radical (unpaired) electrons. The molecule has 0 aliphatic heterocycles. The number of nitrogens with one attached hydrogen (secondary N) is 1. The van der Waals surface area contributed by atoms with Crippen LogP contribution in [-0.2, 0) is 6.18 Å². The van der Waals surface area contributed by atoms with Gasteiger partial charge in [-0.2, -0.15) is 13.2 Å². The first-order valence-corrected chi connectivity index (χ1v) is 5.26. The molecule has 2 aromatic rings. The Morgan fingerprint density at radius 3 is 2.61 bits per heavy atom. The first-order chi connectivity index (χ1) is 8.41. The second kappa shape index (κ2) is 4.33. The Balaban J connectivity index is 2.50. The topological polar surface area (TPSA) is 28.7 Å². The number of nitrogens with zero attached hydrogens (tertiary/aromatic N) is 1. The van der Waals surface area contributed by atoms with E-state index in [-0.39, 0.29) is 5.56 Å². The standard InChI is InChI=1S/C13H11F3N2/c1-8-10(9(2)12-6-17-7-18-12)4-3-5-11(8)13(14,15)16/h3-7H,2H2,1H3,(H,17,18). The first-order valence-electron chi connectivity index (χ1n) is 5.26. The summed E-state index contributed by atoms with van der Waals surface area (Å²) in [7, 11) is 0. The molecule has 0 amide bonds. The summed E-state index contributed by atoms with van der Waals surface area (Å²) in [6, 6.07) is 4.07. The van der Waals surface area contributed by atoms with E-state index in [1.807, 2.05) is 0 Å². The van der Waals surface area contributed by atoms with Crippen molar-refractivity contribution in [2.24, 2.45) is 0 Å². The van der Waals surface area contributed by atoms with Crippen LogP contribution in [0.1, 0.15) is 22.4 Å². The first kappa shape index (κ1) is 12.4. The third-order valence-corrected chi connectivity index (χ3v) is 2.79. The van der Waals surface area contributed by atoms with Crippen molar-refractivity contribution in [2.45, 2.75) is 13.1 Å². The number of hydrogen-bond acceptors (Lipinski definition) is 1. The number of aromatic nitrogens is 2. The number of benzene rings is 1. The number of imidazole rings is 1. The van der Waals surface area contributed by atoms with E-state index in [2.05, 4.69) is 16.5 Å². The van der Waals surface area contributed by atoms with Crippen LogP contribution in [0.2, 0.25) is 0 Å². The molecule has 94 valence electrons. The number of aromatic amines is 1. The number of halogens is 3. The molecule has 5 heteroatoms. The smallest absolute Gasteiger partial charge is 0.345 e. The molecule has 2 nitrogen and oxygen atoms in total. The van der Waals surface area contributed by atoms with Crippen molar-refractivity contribution in [1.82, 2.24) is 9.97 Å². The fraction of sp³-hybridized carbons (Fsp3) is 0.154. The lowest BCUT2D eigenvalue weighted by atomic mass is 9.95. The molecule has 1 aromatic heterocycles. The highest BCUT2D eigenvalue weighted by atomic mass is 19.4. The Morgan fingerprint density at radius 2 is 2.06 bits per heavy atom. The van der Waals surface area contributed by atoms with Crippen molar-refractivity contribution in [1.29, 1.82) is 0 Å². The van der Waals surface area contributed by atoms with Crippen molar-refractivity contribution in [3.8, 4) is 0 Å². The number of alkyl halides is 3. The van der Waals surface area contributed by atoms with Crippen LogP contribution in [0, 0.1) is 6.92 Å². The van der Waals surface area contributed by atoms with Crippen molar-refractivity contribution >= 4 is 5.57 Å². The molecule has 0 unspecified atom stereocenters. The molecule has 0 fully saturated rings. The van der Waals surface area contributed by atoms with Crippen LogP contribution < -0.4 is 0 Å². The Hall–Kier alpha value is -2.04. The normalized spacial score (nSPS) is 11.6. The van der Waals surface area contributed by atoms with Crippen LogP contribution in [0.3, 0.4) is 0 Å². The maximum absolute atomic E-state index is 12.8. The molecular weight excluding hydrogens is 241 g/mol. The van der Waals surface area contributed by atoms with Crippen molar-refractivity contribution < 1.29 is 13.2 Å². The largest absolute Gasteiger partial charge is 0.416 e. The van der Waals surface area contributed by atoms with Crippen molar-refractivity contribution in [3.05, 3.63) is 59.7 Å². The number of hydrogen-bond donors (Lipinski definition) is 1. The lowest BCUT2D eigenvalue weighted by molar-refractivity contribution is -0.138. The van der Waals surface area contributed by atoms with Gasteiger partial charge in [-0.3, -0.25) is 0 Å². The molecule has 0 atom stereocenters. The van der Waals surface area contributed by atoms with Crippen LogP contribution >= 0.6 is 0 Å². The zero-order chi connectivity index (χ0) is 13.3. The van der Waals surface area contributed by atoms with Gasteiger partial charge in [0.05, 0.1) is 23.8 Å². The van der Waals surface area contributed by atoms with Crippen molar-refractivity contribution in [2.75, 3.05) is 0 Å². The maximum Gasteiger partial charge on any atom is 0.416 e. The average Bonchev–Trinajstić information content (AvgIpc) is 2.80. The number of H-pyrrole nitrogens is 1. The zero-order valence-corrected chi connectivity index (χ0v) is 9.67. The van der Waals surface area contributed by atoms with Crippen molar-refractivity contribution in [3.63, 3.8) is 0 Å². The molecule has 0 bridgehead atoms. The highest BCUT2D eigenvalue weighted by Gasteiger charge is 2.33. The van der Waals surface area contributed by atoms with E-state index in [1.165, 1.54) is 25.5 Å². The van der Waals surface area contributed by atoms with E-state index < -0.39 is 11.7 Å². The van der Waals surface area contributed by atoms with E-state index >= 15 is 0 Å². The Kier molecular flexibility index (Phi) is 2.98. The fourth-order valence-electron chi connectivity index (χ4n) is 1.84. The highest BCUT2D eigenvalue weighted by molar-refractivity contribution is 5.78.